The fourth-order valence-electron chi connectivity index (χ4n) is 2.52. The van der Waals surface area contributed by atoms with E-state index >= 15 is 0 Å². The highest BCUT2D eigenvalue weighted by Crippen LogP contribution is 2.34. The average molecular weight is 254 g/mol. The van der Waals surface area contributed by atoms with Crippen molar-refractivity contribution in [2.45, 2.75) is 13.0 Å². The summed E-state index contributed by atoms with van der Waals surface area (Å²) in [6, 6.07) is 14.4. The van der Waals surface area contributed by atoms with Gasteiger partial charge in [0.05, 0.1) is 12.8 Å². The number of hydrogen-bond acceptors (Lipinski definition) is 3. The summed E-state index contributed by atoms with van der Waals surface area (Å²) in [5.41, 5.74) is 4.88. The van der Waals surface area contributed by atoms with E-state index in [1.54, 1.807) is 7.11 Å². The molecule has 0 aliphatic carbocycles. The minimum Gasteiger partial charge on any atom is -0.495 e. The quantitative estimate of drug-likeness (QED) is 0.883. The molecule has 3 nitrogen and oxygen atoms in total. The van der Waals surface area contributed by atoms with Crippen molar-refractivity contribution in [3.8, 4) is 5.75 Å². The van der Waals surface area contributed by atoms with Gasteiger partial charge in [0.2, 0.25) is 0 Å². The Balaban J connectivity index is 2.02. The van der Waals surface area contributed by atoms with Gasteiger partial charge >= 0.3 is 0 Å². The van der Waals surface area contributed by atoms with E-state index in [4.69, 9.17) is 4.74 Å². The number of anilines is 2. The van der Waals surface area contributed by atoms with Crippen LogP contribution in [-0.4, -0.2) is 13.7 Å². The monoisotopic (exact) mass is 254 g/mol. The summed E-state index contributed by atoms with van der Waals surface area (Å²) < 4.78 is 5.49. The number of nitrogens with one attached hydrogen (secondary N) is 2. The third kappa shape index (κ3) is 2.42. The van der Waals surface area contributed by atoms with Crippen molar-refractivity contribution < 1.29 is 4.74 Å². The highest BCUT2D eigenvalue weighted by atomic mass is 16.5. The molecule has 0 bridgehead atoms. The maximum absolute atomic E-state index is 5.49. The van der Waals surface area contributed by atoms with Crippen molar-refractivity contribution in [3.05, 3.63) is 53.6 Å². The van der Waals surface area contributed by atoms with Gasteiger partial charge in [0.15, 0.2) is 0 Å². The Hall–Kier alpha value is -2.00. The molecule has 0 saturated heterocycles. The van der Waals surface area contributed by atoms with Crippen LogP contribution in [0.1, 0.15) is 11.1 Å². The second-order valence-corrected chi connectivity index (χ2v) is 4.70. The summed E-state index contributed by atoms with van der Waals surface area (Å²) in [6.45, 7) is 1.94. The molecule has 2 aromatic rings. The number of ether oxygens (including phenoxy) is 1. The van der Waals surface area contributed by atoms with Crippen LogP contribution in [-0.2, 0) is 13.0 Å². The molecule has 1 heterocycles. The van der Waals surface area contributed by atoms with Gasteiger partial charge in [0, 0.05) is 12.2 Å². The Morgan fingerprint density at radius 1 is 1.11 bits per heavy atom. The van der Waals surface area contributed by atoms with E-state index in [0.717, 1.165) is 36.6 Å². The third-order valence-corrected chi connectivity index (χ3v) is 3.51. The van der Waals surface area contributed by atoms with Crippen LogP contribution in [0, 0.1) is 0 Å². The number of rotatable bonds is 3. The van der Waals surface area contributed by atoms with Crippen LogP contribution in [0.25, 0.3) is 0 Å². The van der Waals surface area contributed by atoms with E-state index in [2.05, 4.69) is 34.9 Å². The van der Waals surface area contributed by atoms with E-state index in [1.807, 2.05) is 18.2 Å². The van der Waals surface area contributed by atoms with Gasteiger partial charge in [0.25, 0.3) is 0 Å². The van der Waals surface area contributed by atoms with Crippen molar-refractivity contribution >= 4 is 11.4 Å². The van der Waals surface area contributed by atoms with E-state index in [0.29, 0.717) is 0 Å². The zero-order valence-electron chi connectivity index (χ0n) is 11.1. The van der Waals surface area contributed by atoms with E-state index in [-0.39, 0.29) is 0 Å². The predicted molar refractivity (Wildman–Crippen MR) is 78.1 cm³/mol. The molecule has 2 aromatic carbocycles. The molecule has 3 heteroatoms. The maximum atomic E-state index is 5.49. The molecule has 2 N–H and O–H groups in total. The Bertz CT molecular complexity index is 566. The lowest BCUT2D eigenvalue weighted by molar-refractivity contribution is 0.415. The van der Waals surface area contributed by atoms with E-state index < -0.39 is 0 Å². The van der Waals surface area contributed by atoms with Crippen molar-refractivity contribution in [3.63, 3.8) is 0 Å². The van der Waals surface area contributed by atoms with Crippen LogP contribution < -0.4 is 15.4 Å². The minimum absolute atomic E-state index is 0.891. The van der Waals surface area contributed by atoms with E-state index in [9.17, 15) is 0 Å². The summed E-state index contributed by atoms with van der Waals surface area (Å²) in [5, 5.41) is 6.91. The normalized spacial score (nSPS) is 13.7. The first-order valence-electron chi connectivity index (χ1n) is 6.60. The molecule has 19 heavy (non-hydrogen) atoms. The van der Waals surface area contributed by atoms with Crippen molar-refractivity contribution in [2.75, 3.05) is 19.0 Å². The molecule has 3 rings (SSSR count). The molecule has 1 aliphatic rings. The maximum Gasteiger partial charge on any atom is 0.142 e. The summed E-state index contributed by atoms with van der Waals surface area (Å²) in [4.78, 5) is 0. The van der Waals surface area contributed by atoms with Crippen LogP contribution in [0.3, 0.4) is 0 Å². The molecular formula is C16H18N2O. The van der Waals surface area contributed by atoms with Crippen LogP contribution in [0.2, 0.25) is 0 Å². The average Bonchev–Trinajstić information content (AvgIpc) is 2.49. The molecule has 0 spiro atoms. The summed E-state index contributed by atoms with van der Waals surface area (Å²) >= 11 is 0. The summed E-state index contributed by atoms with van der Waals surface area (Å²) in [6.07, 6.45) is 1.07. The predicted octanol–water partition coefficient (Wildman–Crippen LogP) is 3.08. The Labute approximate surface area is 113 Å². The molecule has 0 saturated carbocycles. The standard InChI is InChI=1S/C16H18N2O/c1-19-15-8-7-12-9-10-17-11-14(12)16(15)18-13-5-3-2-4-6-13/h2-8,17-18H,9-11H2,1H3. The Morgan fingerprint density at radius 2 is 1.95 bits per heavy atom. The summed E-state index contributed by atoms with van der Waals surface area (Å²) in [5.74, 6) is 0.895. The molecule has 0 radical (unpaired) electrons. The van der Waals surface area contributed by atoms with E-state index in [1.165, 1.54) is 11.1 Å². The molecule has 0 fully saturated rings. The molecule has 0 aromatic heterocycles. The number of methoxy groups -OCH3 is 1. The molecule has 98 valence electrons. The van der Waals surface area contributed by atoms with Gasteiger partial charge < -0.3 is 15.4 Å². The largest absolute Gasteiger partial charge is 0.495 e. The second-order valence-electron chi connectivity index (χ2n) is 4.70. The molecule has 0 unspecified atom stereocenters. The van der Waals surface area contributed by atoms with Gasteiger partial charge in [-0.05, 0) is 42.3 Å². The zero-order chi connectivity index (χ0) is 13.1. The zero-order valence-corrected chi connectivity index (χ0v) is 11.1. The van der Waals surface area contributed by atoms with Crippen LogP contribution >= 0.6 is 0 Å². The number of para-hydroxylation sites is 1. The summed E-state index contributed by atoms with van der Waals surface area (Å²) in [7, 11) is 1.72. The lowest BCUT2D eigenvalue weighted by Crippen LogP contribution is -2.24. The fourth-order valence-corrected chi connectivity index (χ4v) is 2.52. The Morgan fingerprint density at radius 3 is 2.74 bits per heavy atom. The fraction of sp³-hybridized carbons (Fsp3) is 0.250. The molecule has 0 atom stereocenters. The lowest BCUT2D eigenvalue weighted by atomic mass is 9.98. The first-order chi connectivity index (χ1) is 9.38. The number of benzene rings is 2. The topological polar surface area (TPSA) is 33.3 Å². The van der Waals surface area contributed by atoms with Crippen LogP contribution in [0.5, 0.6) is 5.75 Å². The Kier molecular flexibility index (Phi) is 3.38. The highest BCUT2D eigenvalue weighted by Gasteiger charge is 2.16. The van der Waals surface area contributed by atoms with Crippen LogP contribution in [0.15, 0.2) is 42.5 Å². The number of fused-ring (bicyclic) bond motifs is 1. The van der Waals surface area contributed by atoms with Crippen molar-refractivity contribution in [1.82, 2.24) is 5.32 Å². The molecule has 0 amide bonds. The minimum atomic E-state index is 0.891. The lowest BCUT2D eigenvalue weighted by Gasteiger charge is -2.23. The van der Waals surface area contributed by atoms with Crippen LogP contribution in [0.4, 0.5) is 11.4 Å². The molecule has 1 aliphatic heterocycles. The van der Waals surface area contributed by atoms with Gasteiger partial charge in [-0.3, -0.25) is 0 Å². The van der Waals surface area contributed by atoms with Gasteiger partial charge in [-0.25, -0.2) is 0 Å². The first kappa shape index (κ1) is 12.1. The first-order valence-corrected chi connectivity index (χ1v) is 6.60. The van der Waals surface area contributed by atoms with Crippen molar-refractivity contribution in [2.24, 2.45) is 0 Å². The smallest absolute Gasteiger partial charge is 0.142 e. The van der Waals surface area contributed by atoms with Crippen molar-refractivity contribution in [1.29, 1.82) is 0 Å². The van der Waals surface area contributed by atoms with Gasteiger partial charge in [-0.2, -0.15) is 0 Å². The molecular weight excluding hydrogens is 236 g/mol. The SMILES string of the molecule is COc1ccc2c(c1Nc1ccccc1)CNCC2. The highest BCUT2D eigenvalue weighted by molar-refractivity contribution is 5.71. The van der Waals surface area contributed by atoms with Gasteiger partial charge in [0.1, 0.15) is 5.75 Å². The number of hydrogen-bond donors (Lipinski definition) is 2. The van der Waals surface area contributed by atoms with Gasteiger partial charge in [-0.15, -0.1) is 0 Å². The second kappa shape index (κ2) is 5.33. The van der Waals surface area contributed by atoms with Gasteiger partial charge in [-0.1, -0.05) is 24.3 Å². The third-order valence-electron chi connectivity index (χ3n) is 3.51.